The van der Waals surface area contributed by atoms with Gasteiger partial charge in [-0.05, 0) is 51.9 Å². The van der Waals surface area contributed by atoms with Gasteiger partial charge < -0.3 is 10.1 Å². The zero-order valence-corrected chi connectivity index (χ0v) is 17.7. The second-order valence-corrected chi connectivity index (χ2v) is 6.41. The van der Waals surface area contributed by atoms with Gasteiger partial charge in [0.1, 0.15) is 6.04 Å². The molecular formula is C24H37NO3. The maximum absolute atomic E-state index is 11.7. The Hall–Kier alpha value is -2.36. The Balaban J connectivity index is 3.63. The summed E-state index contributed by atoms with van der Waals surface area (Å²) in [5, 5.41) is 2.62. The number of nitrogens with one attached hydrogen (secondary N) is 1. The molecule has 1 atom stereocenters. The molecule has 0 aromatic heterocycles. The van der Waals surface area contributed by atoms with Crippen LogP contribution in [0.15, 0.2) is 60.8 Å². The summed E-state index contributed by atoms with van der Waals surface area (Å²) in [6.45, 7) is 3.76. The molecule has 28 heavy (non-hydrogen) atoms. The van der Waals surface area contributed by atoms with E-state index in [1.165, 1.54) is 7.11 Å². The van der Waals surface area contributed by atoms with Gasteiger partial charge in [0.15, 0.2) is 0 Å². The highest BCUT2D eigenvalue weighted by atomic mass is 16.5. The zero-order chi connectivity index (χ0) is 20.9. The molecule has 156 valence electrons. The molecule has 1 N–H and O–H groups in total. The fraction of sp³-hybridized carbons (Fsp3) is 0.500. The van der Waals surface area contributed by atoms with Gasteiger partial charge in [-0.25, -0.2) is 4.79 Å². The first-order valence-electron chi connectivity index (χ1n) is 10.2. The molecule has 0 aromatic carbocycles. The predicted molar refractivity (Wildman–Crippen MR) is 118 cm³/mol. The normalized spacial score (nSPS) is 13.4. The maximum Gasteiger partial charge on any atom is 0.328 e. The molecule has 0 saturated carbocycles. The lowest BCUT2D eigenvalue weighted by molar-refractivity contribution is -0.144. The largest absolute Gasteiger partial charge is 0.467 e. The van der Waals surface area contributed by atoms with Crippen molar-refractivity contribution in [1.82, 2.24) is 5.32 Å². The first-order chi connectivity index (χ1) is 13.6. The van der Waals surface area contributed by atoms with E-state index in [9.17, 15) is 9.59 Å². The number of methoxy groups -OCH3 is 1. The summed E-state index contributed by atoms with van der Waals surface area (Å²) >= 11 is 0. The SMILES string of the molecule is CC/C=C\C/C=C\C/C=C\C/C=C\C/C=C\CCCC(=O)N[C@@H](C)C(=O)OC. The summed E-state index contributed by atoms with van der Waals surface area (Å²) in [5.41, 5.74) is 0. The van der Waals surface area contributed by atoms with Crippen LogP contribution in [-0.4, -0.2) is 25.0 Å². The fourth-order valence-electron chi connectivity index (χ4n) is 2.30. The first kappa shape index (κ1) is 25.6. The predicted octanol–water partition coefficient (Wildman–Crippen LogP) is 5.59. The van der Waals surface area contributed by atoms with Crippen molar-refractivity contribution in [3.63, 3.8) is 0 Å². The lowest BCUT2D eigenvalue weighted by Crippen LogP contribution is -2.38. The monoisotopic (exact) mass is 387 g/mol. The Morgan fingerprint density at radius 3 is 1.75 bits per heavy atom. The number of allylic oxidation sites excluding steroid dienone is 10. The first-order valence-corrected chi connectivity index (χ1v) is 10.2. The van der Waals surface area contributed by atoms with Crippen LogP contribution in [-0.2, 0) is 14.3 Å². The van der Waals surface area contributed by atoms with E-state index in [2.05, 4.69) is 77.7 Å². The summed E-state index contributed by atoms with van der Waals surface area (Å²) in [6.07, 6.45) is 28.7. The van der Waals surface area contributed by atoms with Gasteiger partial charge >= 0.3 is 5.97 Å². The Kier molecular flexibility index (Phi) is 17.8. The number of esters is 1. The highest BCUT2D eigenvalue weighted by Gasteiger charge is 2.14. The summed E-state index contributed by atoms with van der Waals surface area (Å²) < 4.78 is 4.57. The molecule has 0 saturated heterocycles. The molecule has 0 aromatic rings. The highest BCUT2D eigenvalue weighted by Crippen LogP contribution is 2.00. The lowest BCUT2D eigenvalue weighted by Gasteiger charge is -2.10. The van der Waals surface area contributed by atoms with Gasteiger partial charge in [0.25, 0.3) is 0 Å². The number of hydrogen-bond acceptors (Lipinski definition) is 3. The van der Waals surface area contributed by atoms with Crippen LogP contribution in [0, 0.1) is 0 Å². The summed E-state index contributed by atoms with van der Waals surface area (Å²) in [6, 6.07) is -0.591. The molecular weight excluding hydrogens is 350 g/mol. The van der Waals surface area contributed by atoms with Gasteiger partial charge in [0, 0.05) is 6.42 Å². The van der Waals surface area contributed by atoms with Gasteiger partial charge in [0.05, 0.1) is 7.11 Å². The summed E-state index contributed by atoms with van der Waals surface area (Å²) in [7, 11) is 1.31. The van der Waals surface area contributed by atoms with E-state index in [0.717, 1.165) is 44.9 Å². The van der Waals surface area contributed by atoms with Crippen LogP contribution in [0.1, 0.15) is 65.2 Å². The van der Waals surface area contributed by atoms with E-state index in [-0.39, 0.29) is 5.91 Å². The average molecular weight is 388 g/mol. The number of rotatable bonds is 15. The molecule has 0 aliphatic heterocycles. The van der Waals surface area contributed by atoms with Crippen molar-refractivity contribution in [2.24, 2.45) is 0 Å². The molecule has 0 spiro atoms. The minimum Gasteiger partial charge on any atom is -0.467 e. The van der Waals surface area contributed by atoms with E-state index >= 15 is 0 Å². The van der Waals surface area contributed by atoms with Crippen LogP contribution < -0.4 is 5.32 Å². The van der Waals surface area contributed by atoms with Crippen molar-refractivity contribution in [2.75, 3.05) is 7.11 Å². The molecule has 0 unspecified atom stereocenters. The second kappa shape index (κ2) is 19.4. The molecule has 0 rings (SSSR count). The highest BCUT2D eigenvalue weighted by molar-refractivity contribution is 5.83. The van der Waals surface area contributed by atoms with E-state index in [0.29, 0.717) is 6.42 Å². The number of carbonyl (C=O) groups excluding carboxylic acids is 2. The van der Waals surface area contributed by atoms with Crippen molar-refractivity contribution in [2.45, 2.75) is 71.3 Å². The number of unbranched alkanes of at least 4 members (excludes halogenated alkanes) is 1. The zero-order valence-electron chi connectivity index (χ0n) is 17.7. The Morgan fingerprint density at radius 1 is 0.821 bits per heavy atom. The fourth-order valence-corrected chi connectivity index (χ4v) is 2.30. The third kappa shape index (κ3) is 17.1. The van der Waals surface area contributed by atoms with Gasteiger partial charge in [-0.1, -0.05) is 67.7 Å². The third-order valence-corrected chi connectivity index (χ3v) is 3.86. The van der Waals surface area contributed by atoms with Gasteiger partial charge in [-0.15, -0.1) is 0 Å². The maximum atomic E-state index is 11.7. The number of amides is 1. The quantitative estimate of drug-likeness (QED) is 0.226. The molecule has 0 bridgehead atoms. The van der Waals surface area contributed by atoms with Crippen molar-refractivity contribution in [3.8, 4) is 0 Å². The topological polar surface area (TPSA) is 55.4 Å². The minimum absolute atomic E-state index is 0.120. The Bertz CT molecular complexity index is 556. The van der Waals surface area contributed by atoms with Gasteiger partial charge in [-0.2, -0.15) is 0 Å². The van der Waals surface area contributed by atoms with E-state index < -0.39 is 12.0 Å². The number of hydrogen-bond donors (Lipinski definition) is 1. The van der Waals surface area contributed by atoms with Crippen LogP contribution in [0.2, 0.25) is 0 Å². The Morgan fingerprint density at radius 2 is 1.29 bits per heavy atom. The Labute approximate surface area is 171 Å². The van der Waals surface area contributed by atoms with Crippen molar-refractivity contribution in [1.29, 1.82) is 0 Å². The third-order valence-electron chi connectivity index (χ3n) is 3.86. The van der Waals surface area contributed by atoms with Gasteiger partial charge in [-0.3, -0.25) is 4.79 Å². The number of carbonyl (C=O) groups is 2. The molecule has 4 nitrogen and oxygen atoms in total. The molecule has 0 aliphatic rings. The van der Waals surface area contributed by atoms with E-state index in [1.54, 1.807) is 6.92 Å². The van der Waals surface area contributed by atoms with Crippen molar-refractivity contribution in [3.05, 3.63) is 60.8 Å². The number of ether oxygens (including phenoxy) is 1. The minimum atomic E-state index is -0.591. The molecule has 0 aliphatic carbocycles. The molecule has 0 heterocycles. The van der Waals surface area contributed by atoms with E-state index in [4.69, 9.17) is 0 Å². The smallest absolute Gasteiger partial charge is 0.328 e. The molecule has 1 amide bonds. The van der Waals surface area contributed by atoms with E-state index in [1.807, 2.05) is 0 Å². The summed E-state index contributed by atoms with van der Waals surface area (Å²) in [4.78, 5) is 22.9. The van der Waals surface area contributed by atoms with Crippen LogP contribution in [0.5, 0.6) is 0 Å². The van der Waals surface area contributed by atoms with Crippen molar-refractivity contribution >= 4 is 11.9 Å². The van der Waals surface area contributed by atoms with Crippen LogP contribution >= 0.6 is 0 Å². The lowest BCUT2D eigenvalue weighted by atomic mass is 10.2. The van der Waals surface area contributed by atoms with Crippen molar-refractivity contribution < 1.29 is 14.3 Å². The molecule has 4 heteroatoms. The van der Waals surface area contributed by atoms with Crippen LogP contribution in [0.4, 0.5) is 0 Å². The molecule has 0 radical (unpaired) electrons. The summed E-state index contributed by atoms with van der Waals surface area (Å²) in [5.74, 6) is -0.545. The average Bonchev–Trinajstić information content (AvgIpc) is 2.69. The van der Waals surface area contributed by atoms with Gasteiger partial charge in [0.2, 0.25) is 5.91 Å². The standard InChI is InChI=1S/C24H37NO3/c1-4-5-6-7-8-9-10-11-12-13-14-15-16-17-18-19-20-21-23(26)25-22(2)24(27)28-3/h5-6,8-9,11-12,14-15,17-18,22H,4,7,10,13,16,19-21H2,1-3H3,(H,25,26)/b6-5-,9-8-,12-11-,15-14-,18-17-/t22-/m0/s1. The second-order valence-electron chi connectivity index (χ2n) is 6.41. The van der Waals surface area contributed by atoms with Crippen LogP contribution in [0.25, 0.3) is 0 Å². The molecule has 0 fully saturated rings. The van der Waals surface area contributed by atoms with Crippen LogP contribution in [0.3, 0.4) is 0 Å².